The number of ether oxygens (including phenoxy) is 1. The van der Waals surface area contributed by atoms with Crippen LogP contribution in [0.5, 0.6) is 5.75 Å². The largest absolute Gasteiger partial charge is 0.484 e. The lowest BCUT2D eigenvalue weighted by atomic mass is 10.2. The summed E-state index contributed by atoms with van der Waals surface area (Å²) in [5, 5.41) is 2.91. The summed E-state index contributed by atoms with van der Waals surface area (Å²) in [6.07, 6.45) is -3.42. The molecule has 1 rings (SSSR count). The number of nitrogens with one attached hydrogen (secondary N) is 1. The van der Waals surface area contributed by atoms with E-state index >= 15 is 0 Å². The van der Waals surface area contributed by atoms with Crippen LogP contribution in [-0.2, 0) is 6.54 Å². The summed E-state index contributed by atoms with van der Waals surface area (Å²) in [7, 11) is 0. The molecule has 3 N–H and O–H groups in total. The zero-order valence-corrected chi connectivity index (χ0v) is 11.2. The van der Waals surface area contributed by atoms with E-state index in [2.05, 4.69) is 15.0 Å². The molecule has 0 aromatic heterocycles. The van der Waals surface area contributed by atoms with Crippen LogP contribution < -0.4 is 15.8 Å². The number of aliphatic imine (C=N–C) groups is 1. The highest BCUT2D eigenvalue weighted by molar-refractivity contribution is 5.77. The van der Waals surface area contributed by atoms with Gasteiger partial charge in [-0.2, -0.15) is 13.2 Å². The Morgan fingerprint density at radius 1 is 1.40 bits per heavy atom. The van der Waals surface area contributed by atoms with E-state index in [0.29, 0.717) is 5.96 Å². The summed E-state index contributed by atoms with van der Waals surface area (Å²) in [4.78, 5) is 4.09. The Hall–Kier alpha value is -1.92. The van der Waals surface area contributed by atoms with Gasteiger partial charge in [-0.05, 0) is 24.1 Å². The number of guanidine groups is 1. The zero-order valence-electron chi connectivity index (χ0n) is 11.2. The normalized spacial score (nSPS) is 12.3. The number of rotatable bonds is 6. The minimum atomic E-state index is -4.34. The van der Waals surface area contributed by atoms with E-state index in [9.17, 15) is 13.2 Å². The Balaban J connectivity index is 2.55. The van der Waals surface area contributed by atoms with Crippen molar-refractivity contribution in [3.8, 4) is 5.75 Å². The van der Waals surface area contributed by atoms with Crippen molar-refractivity contribution < 1.29 is 17.9 Å². The average molecular weight is 289 g/mol. The van der Waals surface area contributed by atoms with E-state index in [-0.39, 0.29) is 12.3 Å². The number of halogens is 3. The Kier molecular flexibility index (Phi) is 6.14. The minimum Gasteiger partial charge on any atom is -0.484 e. The number of nitrogens with two attached hydrogens (primary N) is 1. The van der Waals surface area contributed by atoms with Crippen molar-refractivity contribution in [1.82, 2.24) is 5.32 Å². The molecule has 0 unspecified atom stereocenters. The van der Waals surface area contributed by atoms with E-state index in [1.807, 2.05) is 6.92 Å². The predicted molar refractivity (Wildman–Crippen MR) is 71.6 cm³/mol. The molecule has 20 heavy (non-hydrogen) atoms. The highest BCUT2D eigenvalue weighted by Crippen LogP contribution is 2.19. The molecule has 0 bridgehead atoms. The lowest BCUT2D eigenvalue weighted by Crippen LogP contribution is -2.32. The van der Waals surface area contributed by atoms with Gasteiger partial charge in [0.1, 0.15) is 5.75 Å². The van der Waals surface area contributed by atoms with Gasteiger partial charge >= 0.3 is 6.18 Å². The van der Waals surface area contributed by atoms with Crippen molar-refractivity contribution in [2.75, 3.05) is 13.2 Å². The maximum absolute atomic E-state index is 12.0. The van der Waals surface area contributed by atoms with Crippen LogP contribution >= 0.6 is 0 Å². The van der Waals surface area contributed by atoms with Gasteiger partial charge < -0.3 is 15.8 Å². The zero-order chi connectivity index (χ0) is 15.0. The molecule has 0 saturated carbocycles. The van der Waals surface area contributed by atoms with Gasteiger partial charge in [-0.15, -0.1) is 0 Å². The lowest BCUT2D eigenvalue weighted by molar-refractivity contribution is -0.153. The second-order valence-corrected chi connectivity index (χ2v) is 4.18. The molecule has 0 heterocycles. The van der Waals surface area contributed by atoms with Crippen molar-refractivity contribution in [2.45, 2.75) is 26.1 Å². The predicted octanol–water partition coefficient (Wildman–Crippen LogP) is 2.44. The maximum Gasteiger partial charge on any atom is 0.422 e. The highest BCUT2D eigenvalue weighted by atomic mass is 19.4. The second-order valence-electron chi connectivity index (χ2n) is 4.18. The molecule has 7 heteroatoms. The fraction of sp³-hybridized carbons (Fsp3) is 0.462. The molecule has 0 fully saturated rings. The first-order chi connectivity index (χ1) is 9.40. The van der Waals surface area contributed by atoms with Crippen LogP contribution in [0.15, 0.2) is 29.3 Å². The summed E-state index contributed by atoms with van der Waals surface area (Å²) in [6.45, 7) is 1.71. The average Bonchev–Trinajstić information content (AvgIpc) is 2.40. The maximum atomic E-state index is 12.0. The Labute approximate surface area is 115 Å². The SMILES string of the molecule is CCCNC(N)=NCc1cccc(OCC(F)(F)F)c1. The minimum absolute atomic E-state index is 0.162. The molecule has 0 saturated heterocycles. The van der Waals surface area contributed by atoms with E-state index in [4.69, 9.17) is 5.73 Å². The van der Waals surface area contributed by atoms with Crippen molar-refractivity contribution >= 4 is 5.96 Å². The number of benzene rings is 1. The summed E-state index contributed by atoms with van der Waals surface area (Å²) >= 11 is 0. The van der Waals surface area contributed by atoms with Gasteiger partial charge in [-0.3, -0.25) is 0 Å². The molecule has 0 radical (unpaired) electrons. The molecule has 4 nitrogen and oxygen atoms in total. The van der Waals surface area contributed by atoms with Gasteiger partial charge in [0.2, 0.25) is 0 Å². The quantitative estimate of drug-likeness (QED) is 0.624. The Morgan fingerprint density at radius 3 is 2.80 bits per heavy atom. The molecule has 1 aromatic rings. The molecule has 1 aromatic carbocycles. The summed E-state index contributed by atoms with van der Waals surface area (Å²) in [5.41, 5.74) is 6.35. The standard InChI is InChI=1S/C13H18F3N3O/c1-2-6-18-12(17)19-8-10-4-3-5-11(7-10)20-9-13(14,15)16/h3-5,7H,2,6,8-9H2,1H3,(H3,17,18,19). The van der Waals surface area contributed by atoms with Crippen LogP contribution in [0.2, 0.25) is 0 Å². The second kappa shape index (κ2) is 7.62. The van der Waals surface area contributed by atoms with Crippen LogP contribution in [-0.4, -0.2) is 25.3 Å². The fourth-order valence-electron chi connectivity index (χ4n) is 1.38. The van der Waals surface area contributed by atoms with Crippen LogP contribution in [0.3, 0.4) is 0 Å². The summed E-state index contributed by atoms with van der Waals surface area (Å²) in [6, 6.07) is 6.35. The highest BCUT2D eigenvalue weighted by Gasteiger charge is 2.28. The first-order valence-electron chi connectivity index (χ1n) is 6.23. The molecule has 0 aliphatic heterocycles. The Morgan fingerprint density at radius 2 is 2.15 bits per heavy atom. The molecule has 0 aliphatic rings. The molecule has 0 aliphatic carbocycles. The fourth-order valence-corrected chi connectivity index (χ4v) is 1.38. The van der Waals surface area contributed by atoms with Gasteiger partial charge in [0.25, 0.3) is 0 Å². The van der Waals surface area contributed by atoms with Crippen molar-refractivity contribution in [3.05, 3.63) is 29.8 Å². The third-order valence-corrected chi connectivity index (χ3v) is 2.29. The Bertz CT molecular complexity index is 447. The van der Waals surface area contributed by atoms with Crippen LogP contribution in [0.1, 0.15) is 18.9 Å². The van der Waals surface area contributed by atoms with Gasteiger partial charge in [-0.25, -0.2) is 4.99 Å². The lowest BCUT2D eigenvalue weighted by Gasteiger charge is -2.10. The number of nitrogens with zero attached hydrogens (tertiary/aromatic N) is 1. The van der Waals surface area contributed by atoms with E-state index in [1.165, 1.54) is 12.1 Å². The van der Waals surface area contributed by atoms with Gasteiger partial charge in [-0.1, -0.05) is 19.1 Å². The van der Waals surface area contributed by atoms with E-state index in [0.717, 1.165) is 18.5 Å². The summed E-state index contributed by atoms with van der Waals surface area (Å²) in [5.74, 6) is 0.476. The third kappa shape index (κ3) is 6.86. The van der Waals surface area contributed by atoms with Crippen LogP contribution in [0.4, 0.5) is 13.2 Å². The molecular formula is C13H18F3N3O. The molecular weight excluding hydrogens is 271 g/mol. The van der Waals surface area contributed by atoms with Crippen molar-refractivity contribution in [3.63, 3.8) is 0 Å². The van der Waals surface area contributed by atoms with Gasteiger partial charge in [0.15, 0.2) is 12.6 Å². The first kappa shape index (κ1) is 16.1. The summed E-state index contributed by atoms with van der Waals surface area (Å²) < 4.78 is 40.8. The topological polar surface area (TPSA) is 59.6 Å². The molecule has 112 valence electrons. The smallest absolute Gasteiger partial charge is 0.422 e. The number of hydrogen-bond donors (Lipinski definition) is 2. The van der Waals surface area contributed by atoms with Crippen LogP contribution in [0, 0.1) is 0 Å². The van der Waals surface area contributed by atoms with E-state index < -0.39 is 12.8 Å². The molecule has 0 spiro atoms. The number of hydrogen-bond acceptors (Lipinski definition) is 2. The van der Waals surface area contributed by atoms with Gasteiger partial charge in [0, 0.05) is 6.54 Å². The van der Waals surface area contributed by atoms with Crippen LogP contribution in [0.25, 0.3) is 0 Å². The molecule has 0 atom stereocenters. The van der Waals surface area contributed by atoms with Crippen molar-refractivity contribution in [1.29, 1.82) is 0 Å². The third-order valence-electron chi connectivity index (χ3n) is 2.29. The monoisotopic (exact) mass is 289 g/mol. The van der Waals surface area contributed by atoms with Crippen molar-refractivity contribution in [2.24, 2.45) is 10.7 Å². The number of alkyl halides is 3. The van der Waals surface area contributed by atoms with Gasteiger partial charge in [0.05, 0.1) is 6.54 Å². The first-order valence-corrected chi connectivity index (χ1v) is 6.23. The van der Waals surface area contributed by atoms with E-state index in [1.54, 1.807) is 12.1 Å². The molecule has 0 amide bonds.